The number of fused-ring (bicyclic) bond motifs is 3. The highest BCUT2D eigenvalue weighted by Gasteiger charge is 2.49. The third kappa shape index (κ3) is 4.12. The molecule has 3 aromatic heterocycles. The Kier molecular flexibility index (Phi) is 6.07. The number of rotatable bonds is 5. The van der Waals surface area contributed by atoms with Gasteiger partial charge in [-0.05, 0) is 49.6 Å². The van der Waals surface area contributed by atoms with E-state index in [4.69, 9.17) is 0 Å². The van der Waals surface area contributed by atoms with Gasteiger partial charge in [-0.1, -0.05) is 49.9 Å². The first-order valence-electron chi connectivity index (χ1n) is 13.3. The standard InChI is InChI=1S/C30H33N5O2/c1-30(29(37)32-23-12-4-2-3-5-13-23)21-34-25-15-7-6-14-24(25)26(33-17-8-9-18-33)27(34)28(36)35(30)20-22-11-10-16-31-19-22/h6-11,14-19,23H,2-5,12-13,20-21H2,1H3,(H,32,37). The first-order valence-corrected chi connectivity index (χ1v) is 13.3. The van der Waals surface area contributed by atoms with Gasteiger partial charge in [-0.3, -0.25) is 14.6 Å². The molecule has 1 aromatic carbocycles. The molecule has 1 unspecified atom stereocenters. The molecule has 0 spiro atoms. The van der Waals surface area contributed by atoms with Crippen molar-refractivity contribution in [3.8, 4) is 5.69 Å². The molecular weight excluding hydrogens is 462 g/mol. The van der Waals surface area contributed by atoms with Crippen molar-refractivity contribution in [1.29, 1.82) is 0 Å². The molecule has 1 atom stereocenters. The van der Waals surface area contributed by atoms with Crippen LogP contribution in [0.1, 0.15) is 61.5 Å². The van der Waals surface area contributed by atoms with Crippen LogP contribution in [0.3, 0.4) is 0 Å². The quantitative estimate of drug-likeness (QED) is 0.393. The number of nitrogens with zero attached hydrogens (tertiary/aromatic N) is 4. The van der Waals surface area contributed by atoms with Gasteiger partial charge in [0.25, 0.3) is 5.91 Å². The van der Waals surface area contributed by atoms with Crippen molar-refractivity contribution in [1.82, 2.24) is 24.3 Å². The minimum absolute atomic E-state index is 0.0809. The molecular formula is C30H33N5O2. The van der Waals surface area contributed by atoms with Crippen molar-refractivity contribution >= 4 is 22.7 Å². The van der Waals surface area contributed by atoms with Crippen molar-refractivity contribution in [2.24, 2.45) is 0 Å². The van der Waals surface area contributed by atoms with E-state index in [0.29, 0.717) is 18.8 Å². The fourth-order valence-electron chi connectivity index (χ4n) is 6.04. The number of amides is 2. The van der Waals surface area contributed by atoms with Crippen molar-refractivity contribution in [3.05, 3.63) is 84.6 Å². The van der Waals surface area contributed by atoms with E-state index >= 15 is 0 Å². The molecule has 0 radical (unpaired) electrons. The highest BCUT2D eigenvalue weighted by Crippen LogP contribution is 2.38. The van der Waals surface area contributed by atoms with Gasteiger partial charge in [0, 0.05) is 42.8 Å². The zero-order valence-corrected chi connectivity index (χ0v) is 21.3. The topological polar surface area (TPSA) is 72.2 Å². The fraction of sp³-hybridized carbons (Fsp3) is 0.367. The van der Waals surface area contributed by atoms with Gasteiger partial charge in [0.15, 0.2) is 0 Å². The first kappa shape index (κ1) is 23.5. The maximum Gasteiger partial charge on any atom is 0.273 e. The molecule has 1 N–H and O–H groups in total. The molecule has 2 amide bonds. The summed E-state index contributed by atoms with van der Waals surface area (Å²) in [6.45, 7) is 2.61. The Morgan fingerprint density at radius 1 is 1.03 bits per heavy atom. The molecule has 2 aliphatic rings. The van der Waals surface area contributed by atoms with Crippen LogP contribution in [0.4, 0.5) is 0 Å². The summed E-state index contributed by atoms with van der Waals surface area (Å²) in [7, 11) is 0. The monoisotopic (exact) mass is 495 g/mol. The van der Waals surface area contributed by atoms with Crippen LogP contribution >= 0.6 is 0 Å². The van der Waals surface area contributed by atoms with E-state index in [2.05, 4.69) is 20.9 Å². The van der Waals surface area contributed by atoms with Gasteiger partial charge in [0.1, 0.15) is 11.2 Å². The van der Waals surface area contributed by atoms with Gasteiger partial charge in [0.05, 0.1) is 17.7 Å². The summed E-state index contributed by atoms with van der Waals surface area (Å²) < 4.78 is 4.06. The molecule has 1 saturated carbocycles. The summed E-state index contributed by atoms with van der Waals surface area (Å²) in [6.07, 6.45) is 14.1. The van der Waals surface area contributed by atoms with Gasteiger partial charge in [0.2, 0.25) is 5.91 Å². The van der Waals surface area contributed by atoms with Gasteiger partial charge in [-0.15, -0.1) is 0 Å². The van der Waals surface area contributed by atoms with E-state index in [-0.39, 0.29) is 17.9 Å². The zero-order chi connectivity index (χ0) is 25.4. The third-order valence-electron chi connectivity index (χ3n) is 8.06. The van der Waals surface area contributed by atoms with Crippen LogP contribution in [-0.2, 0) is 17.9 Å². The number of nitrogens with one attached hydrogen (secondary N) is 1. The predicted molar refractivity (Wildman–Crippen MR) is 143 cm³/mol. The Morgan fingerprint density at radius 3 is 2.51 bits per heavy atom. The minimum Gasteiger partial charge on any atom is -0.351 e. The Labute approximate surface area is 217 Å². The lowest BCUT2D eigenvalue weighted by Gasteiger charge is -2.45. The minimum atomic E-state index is -1.05. The summed E-state index contributed by atoms with van der Waals surface area (Å²) in [4.78, 5) is 34.6. The highest BCUT2D eigenvalue weighted by molar-refractivity contribution is 6.08. The third-order valence-corrected chi connectivity index (χ3v) is 8.06. The smallest absolute Gasteiger partial charge is 0.273 e. The van der Waals surface area contributed by atoms with Gasteiger partial charge < -0.3 is 19.4 Å². The Balaban J connectivity index is 1.48. The Hall–Kier alpha value is -3.87. The normalized spacial score (nSPS) is 20.6. The number of benzene rings is 1. The highest BCUT2D eigenvalue weighted by atomic mass is 16.2. The van der Waals surface area contributed by atoms with Crippen LogP contribution in [0, 0.1) is 0 Å². The molecule has 1 aliphatic carbocycles. The maximum absolute atomic E-state index is 14.5. The Bertz CT molecular complexity index is 1420. The molecule has 4 heterocycles. The largest absolute Gasteiger partial charge is 0.351 e. The first-order chi connectivity index (χ1) is 18.1. The maximum atomic E-state index is 14.5. The summed E-state index contributed by atoms with van der Waals surface area (Å²) in [6, 6.07) is 16.0. The van der Waals surface area contributed by atoms with E-state index in [0.717, 1.165) is 47.8 Å². The molecule has 6 rings (SSSR count). The average molecular weight is 496 g/mol. The van der Waals surface area contributed by atoms with Gasteiger partial charge >= 0.3 is 0 Å². The number of pyridine rings is 1. The van der Waals surface area contributed by atoms with E-state index < -0.39 is 5.54 Å². The fourth-order valence-corrected chi connectivity index (χ4v) is 6.04. The molecule has 7 nitrogen and oxygen atoms in total. The van der Waals surface area contributed by atoms with Crippen LogP contribution in [0.2, 0.25) is 0 Å². The second-order valence-electron chi connectivity index (χ2n) is 10.6. The summed E-state index contributed by atoms with van der Waals surface area (Å²) >= 11 is 0. The van der Waals surface area contributed by atoms with E-state index in [9.17, 15) is 9.59 Å². The number of aromatic nitrogens is 3. The van der Waals surface area contributed by atoms with Crippen molar-refractivity contribution in [2.75, 3.05) is 0 Å². The molecule has 1 aliphatic heterocycles. The molecule has 0 bridgehead atoms. The molecule has 4 aromatic rings. The predicted octanol–water partition coefficient (Wildman–Crippen LogP) is 5.08. The van der Waals surface area contributed by atoms with E-state index in [1.807, 2.05) is 66.3 Å². The van der Waals surface area contributed by atoms with Gasteiger partial charge in [-0.2, -0.15) is 0 Å². The SMILES string of the molecule is CC1(C(=O)NC2CCCCCC2)Cn2c(c(-n3cccc3)c3ccccc32)C(=O)N1Cc1cccnc1. The molecule has 190 valence electrons. The summed E-state index contributed by atoms with van der Waals surface area (Å²) in [5.74, 6) is -0.226. The lowest BCUT2D eigenvalue weighted by atomic mass is 9.93. The Morgan fingerprint density at radius 2 is 1.78 bits per heavy atom. The van der Waals surface area contributed by atoms with E-state index in [1.54, 1.807) is 17.3 Å². The number of hydrogen-bond acceptors (Lipinski definition) is 3. The van der Waals surface area contributed by atoms with Crippen molar-refractivity contribution < 1.29 is 9.59 Å². The van der Waals surface area contributed by atoms with Gasteiger partial charge in [-0.25, -0.2) is 0 Å². The van der Waals surface area contributed by atoms with Crippen LogP contribution in [0.5, 0.6) is 0 Å². The lowest BCUT2D eigenvalue weighted by molar-refractivity contribution is -0.134. The van der Waals surface area contributed by atoms with E-state index in [1.165, 1.54) is 12.8 Å². The number of para-hydroxylation sites is 1. The van der Waals surface area contributed by atoms with Crippen molar-refractivity contribution in [2.45, 2.75) is 70.1 Å². The van der Waals surface area contributed by atoms with Crippen LogP contribution in [-0.4, -0.2) is 42.4 Å². The second-order valence-corrected chi connectivity index (χ2v) is 10.6. The van der Waals surface area contributed by atoms with Crippen LogP contribution < -0.4 is 5.32 Å². The molecule has 7 heteroatoms. The van der Waals surface area contributed by atoms with Crippen LogP contribution in [0.25, 0.3) is 16.6 Å². The van der Waals surface area contributed by atoms with Crippen LogP contribution in [0.15, 0.2) is 73.3 Å². The number of hydrogen-bond donors (Lipinski definition) is 1. The molecule has 37 heavy (non-hydrogen) atoms. The second kappa shape index (κ2) is 9.54. The molecule has 1 fully saturated rings. The zero-order valence-electron chi connectivity index (χ0n) is 21.3. The number of carbonyl (C=O) groups is 2. The molecule has 0 saturated heterocycles. The summed E-state index contributed by atoms with van der Waals surface area (Å²) in [5.41, 5.74) is 2.27. The number of carbonyl (C=O) groups excluding carboxylic acids is 2. The average Bonchev–Trinajstić information content (AvgIpc) is 3.47. The van der Waals surface area contributed by atoms with Crippen molar-refractivity contribution in [3.63, 3.8) is 0 Å². The lowest BCUT2D eigenvalue weighted by Crippen LogP contribution is -2.64. The summed E-state index contributed by atoms with van der Waals surface area (Å²) in [5, 5.41) is 4.35.